The van der Waals surface area contributed by atoms with E-state index in [9.17, 15) is 18.4 Å². The molecule has 6 nitrogen and oxygen atoms in total. The highest BCUT2D eigenvalue weighted by Gasteiger charge is 2.42. The highest BCUT2D eigenvalue weighted by Crippen LogP contribution is 2.39. The van der Waals surface area contributed by atoms with Gasteiger partial charge in [0.15, 0.2) is 11.5 Å². The van der Waals surface area contributed by atoms with Crippen LogP contribution in [0.5, 0.6) is 11.5 Å². The Morgan fingerprint density at radius 2 is 1.75 bits per heavy atom. The number of rotatable bonds is 4. The minimum atomic E-state index is -2.78. The van der Waals surface area contributed by atoms with Crippen LogP contribution in [0, 0.1) is 5.92 Å². The van der Waals surface area contributed by atoms with E-state index in [-0.39, 0.29) is 25.5 Å². The van der Waals surface area contributed by atoms with E-state index in [2.05, 4.69) is 10.6 Å². The van der Waals surface area contributed by atoms with Crippen LogP contribution in [0.3, 0.4) is 0 Å². The molecule has 0 bridgehead atoms. The Labute approximate surface area is 159 Å². The molecular formula is C20H18F2N2O4. The molecule has 0 aromatic heterocycles. The number of nitrogens with one attached hydrogen (secondary N) is 2. The SMILES string of the molecule is O=C(Nc1cccc(NC(=O)[C@@H]2CCC(F)(F)C2)c1)c1ccc2c(c1)OCO2. The van der Waals surface area contributed by atoms with Crippen LogP contribution in [0.15, 0.2) is 42.5 Å². The van der Waals surface area contributed by atoms with Crippen LogP contribution in [0.25, 0.3) is 0 Å². The van der Waals surface area contributed by atoms with Crippen molar-refractivity contribution in [3.05, 3.63) is 48.0 Å². The van der Waals surface area contributed by atoms with Gasteiger partial charge in [0, 0.05) is 35.7 Å². The van der Waals surface area contributed by atoms with Gasteiger partial charge in [-0.05, 0) is 42.8 Å². The summed E-state index contributed by atoms with van der Waals surface area (Å²) in [6, 6.07) is 11.4. The first-order valence-electron chi connectivity index (χ1n) is 8.89. The number of hydrogen-bond donors (Lipinski definition) is 2. The van der Waals surface area contributed by atoms with Gasteiger partial charge in [0.05, 0.1) is 0 Å². The lowest BCUT2D eigenvalue weighted by atomic mass is 10.1. The summed E-state index contributed by atoms with van der Waals surface area (Å²) >= 11 is 0. The van der Waals surface area contributed by atoms with E-state index in [0.717, 1.165) is 0 Å². The average molecular weight is 388 g/mol. The molecule has 1 heterocycles. The van der Waals surface area contributed by atoms with Crippen molar-refractivity contribution < 1.29 is 27.8 Å². The molecule has 0 saturated heterocycles. The second-order valence-electron chi connectivity index (χ2n) is 6.89. The molecule has 2 amide bonds. The van der Waals surface area contributed by atoms with Gasteiger partial charge in [-0.1, -0.05) is 6.07 Å². The van der Waals surface area contributed by atoms with E-state index >= 15 is 0 Å². The van der Waals surface area contributed by atoms with Crippen LogP contribution < -0.4 is 20.1 Å². The topological polar surface area (TPSA) is 76.7 Å². The van der Waals surface area contributed by atoms with Crippen LogP contribution in [0.1, 0.15) is 29.6 Å². The first-order valence-corrected chi connectivity index (χ1v) is 8.89. The first kappa shape index (κ1) is 18.2. The zero-order valence-electron chi connectivity index (χ0n) is 14.8. The zero-order valence-corrected chi connectivity index (χ0v) is 14.8. The minimum absolute atomic E-state index is 0.120. The van der Waals surface area contributed by atoms with Crippen molar-refractivity contribution in [2.45, 2.75) is 25.2 Å². The fraction of sp³-hybridized carbons (Fsp3) is 0.300. The molecule has 0 radical (unpaired) electrons. The summed E-state index contributed by atoms with van der Waals surface area (Å²) in [4.78, 5) is 24.7. The lowest BCUT2D eigenvalue weighted by Gasteiger charge is -2.13. The number of carbonyl (C=O) groups excluding carboxylic acids is 2. The highest BCUT2D eigenvalue weighted by atomic mass is 19.3. The number of amides is 2. The molecular weight excluding hydrogens is 370 g/mol. The maximum Gasteiger partial charge on any atom is 0.255 e. The molecule has 8 heteroatoms. The Kier molecular flexibility index (Phi) is 4.62. The van der Waals surface area contributed by atoms with E-state index in [1.807, 2.05) is 0 Å². The summed E-state index contributed by atoms with van der Waals surface area (Å²) in [6.07, 6.45) is -0.532. The van der Waals surface area contributed by atoms with Gasteiger partial charge >= 0.3 is 0 Å². The average Bonchev–Trinajstić information content (AvgIpc) is 3.27. The predicted octanol–water partition coefficient (Wildman–Crippen LogP) is 4.04. The van der Waals surface area contributed by atoms with E-state index in [1.54, 1.807) is 42.5 Å². The van der Waals surface area contributed by atoms with Crippen LogP contribution >= 0.6 is 0 Å². The molecule has 28 heavy (non-hydrogen) atoms. The fourth-order valence-corrected chi connectivity index (χ4v) is 3.33. The van der Waals surface area contributed by atoms with Crippen molar-refractivity contribution in [3.8, 4) is 11.5 Å². The van der Waals surface area contributed by atoms with Gasteiger partial charge in [0.25, 0.3) is 5.91 Å². The van der Waals surface area contributed by atoms with Gasteiger partial charge in [-0.25, -0.2) is 8.78 Å². The van der Waals surface area contributed by atoms with Gasteiger partial charge in [-0.3, -0.25) is 9.59 Å². The number of benzene rings is 2. The monoisotopic (exact) mass is 388 g/mol. The largest absolute Gasteiger partial charge is 0.454 e. The minimum Gasteiger partial charge on any atom is -0.454 e. The lowest BCUT2D eigenvalue weighted by Crippen LogP contribution is -2.22. The van der Waals surface area contributed by atoms with Crippen LogP contribution in [-0.2, 0) is 4.79 Å². The molecule has 2 N–H and O–H groups in total. The highest BCUT2D eigenvalue weighted by molar-refractivity contribution is 6.05. The van der Waals surface area contributed by atoms with E-state index < -0.39 is 24.2 Å². The molecule has 2 aromatic carbocycles. The lowest BCUT2D eigenvalue weighted by molar-refractivity contribution is -0.120. The maximum atomic E-state index is 13.3. The number of alkyl halides is 2. The Morgan fingerprint density at radius 3 is 2.50 bits per heavy atom. The molecule has 1 atom stereocenters. The number of ether oxygens (including phenoxy) is 2. The number of carbonyl (C=O) groups is 2. The summed E-state index contributed by atoms with van der Waals surface area (Å²) in [5, 5.41) is 5.39. The van der Waals surface area contributed by atoms with Crippen molar-refractivity contribution in [3.63, 3.8) is 0 Å². The van der Waals surface area contributed by atoms with Gasteiger partial charge in [0.1, 0.15) is 0 Å². The second-order valence-corrected chi connectivity index (χ2v) is 6.89. The van der Waals surface area contributed by atoms with Gasteiger partial charge in [-0.15, -0.1) is 0 Å². The molecule has 1 fully saturated rings. The Bertz CT molecular complexity index is 932. The van der Waals surface area contributed by atoms with Gasteiger partial charge in [-0.2, -0.15) is 0 Å². The third-order valence-electron chi connectivity index (χ3n) is 4.80. The van der Waals surface area contributed by atoms with Crippen molar-refractivity contribution in [1.82, 2.24) is 0 Å². The van der Waals surface area contributed by atoms with Crippen molar-refractivity contribution >= 4 is 23.2 Å². The molecule has 1 aliphatic carbocycles. The van der Waals surface area contributed by atoms with E-state index in [1.165, 1.54) is 0 Å². The fourth-order valence-electron chi connectivity index (χ4n) is 3.33. The van der Waals surface area contributed by atoms with Gasteiger partial charge < -0.3 is 20.1 Å². The molecule has 4 rings (SSSR count). The number of fused-ring (bicyclic) bond motifs is 1. The number of anilines is 2. The number of hydrogen-bond acceptors (Lipinski definition) is 4. The molecule has 2 aliphatic rings. The molecule has 0 spiro atoms. The van der Waals surface area contributed by atoms with E-state index in [0.29, 0.717) is 28.4 Å². The van der Waals surface area contributed by atoms with Gasteiger partial charge in [0.2, 0.25) is 18.6 Å². The second kappa shape index (κ2) is 7.10. The standard InChI is InChI=1S/C20H18F2N2O4/c21-20(22)7-6-13(10-20)19(26)24-15-3-1-2-14(9-15)23-18(25)12-4-5-16-17(8-12)28-11-27-16/h1-5,8-9,13H,6-7,10-11H2,(H,23,25)(H,24,26)/t13-/m1/s1. The van der Waals surface area contributed by atoms with Crippen molar-refractivity contribution in [2.75, 3.05) is 17.4 Å². The van der Waals surface area contributed by atoms with E-state index in [4.69, 9.17) is 9.47 Å². The van der Waals surface area contributed by atoms with Crippen molar-refractivity contribution in [1.29, 1.82) is 0 Å². The first-order chi connectivity index (χ1) is 13.4. The molecule has 1 saturated carbocycles. The third kappa shape index (κ3) is 3.90. The molecule has 0 unspecified atom stereocenters. The summed E-state index contributed by atoms with van der Waals surface area (Å²) in [5.74, 6) is -3.18. The summed E-state index contributed by atoms with van der Waals surface area (Å²) < 4.78 is 37.1. The quantitative estimate of drug-likeness (QED) is 0.829. The van der Waals surface area contributed by atoms with Crippen LogP contribution in [-0.4, -0.2) is 24.5 Å². The molecule has 1 aliphatic heterocycles. The number of halogens is 2. The van der Waals surface area contributed by atoms with Crippen LogP contribution in [0.2, 0.25) is 0 Å². The molecule has 2 aromatic rings. The Morgan fingerprint density at radius 1 is 1.00 bits per heavy atom. The summed E-state index contributed by atoms with van der Waals surface area (Å²) in [7, 11) is 0. The molecule has 146 valence electrons. The maximum absolute atomic E-state index is 13.3. The Hall–Kier alpha value is -3.16. The summed E-state index contributed by atoms with van der Waals surface area (Å²) in [6.45, 7) is 0.120. The zero-order chi connectivity index (χ0) is 19.7. The smallest absolute Gasteiger partial charge is 0.255 e. The predicted molar refractivity (Wildman–Crippen MR) is 97.9 cm³/mol. The Balaban J connectivity index is 1.41. The third-order valence-corrected chi connectivity index (χ3v) is 4.80. The normalized spacial score (nSPS) is 19.3. The van der Waals surface area contributed by atoms with Crippen molar-refractivity contribution in [2.24, 2.45) is 5.92 Å². The van der Waals surface area contributed by atoms with Crippen LogP contribution in [0.4, 0.5) is 20.2 Å². The summed E-state index contributed by atoms with van der Waals surface area (Å²) in [5.41, 5.74) is 1.30.